The topological polar surface area (TPSA) is 329 Å². The van der Waals surface area contributed by atoms with Crippen LogP contribution in [0.3, 0.4) is 0 Å². The minimum Gasteiger partial charge on any atom is -0.477 e. The van der Waals surface area contributed by atoms with Crippen LogP contribution < -0.4 is 22.5 Å². The molecule has 12 N–H and O–H groups in total. The number of rotatable bonds is 15. The van der Waals surface area contributed by atoms with Crippen LogP contribution in [0.5, 0.6) is 0 Å². The number of nitrogens with one attached hydrogen (secondary N) is 1. The first kappa shape index (κ1) is 34.6. The normalized spacial score (nSPS) is 27.3. The molecule has 0 aliphatic carbocycles. The molecular formula is C20H34N5O15P. The largest absolute Gasteiger partial charge is 0.477 e. The molecule has 1 aromatic heterocycles. The maximum Gasteiger partial charge on any atom is 0.475 e. The summed E-state index contributed by atoms with van der Waals surface area (Å²) in [5.41, 5.74) is 9.59. The molecule has 9 unspecified atom stereocenters. The fourth-order valence-corrected chi connectivity index (χ4v) is 4.85. The second-order valence-corrected chi connectivity index (χ2v) is 10.3. The van der Waals surface area contributed by atoms with Gasteiger partial charge in [0.2, 0.25) is 5.91 Å². The van der Waals surface area contributed by atoms with E-state index >= 15 is 0 Å². The molecule has 41 heavy (non-hydrogen) atoms. The van der Waals surface area contributed by atoms with Crippen LogP contribution in [0.1, 0.15) is 19.1 Å². The van der Waals surface area contributed by atoms with E-state index in [-0.39, 0.29) is 5.82 Å². The molecule has 1 amide bonds. The lowest BCUT2D eigenvalue weighted by molar-refractivity contribution is -0.273. The summed E-state index contributed by atoms with van der Waals surface area (Å²) in [5.74, 6) is -6.03. The number of hydrogen-bond acceptors (Lipinski definition) is 16. The second-order valence-electron chi connectivity index (χ2n) is 8.93. The third-order valence-electron chi connectivity index (χ3n) is 5.98. The molecule has 20 nitrogen and oxygen atoms in total. The van der Waals surface area contributed by atoms with Crippen LogP contribution >= 0.6 is 7.82 Å². The minimum absolute atomic E-state index is 0.165. The summed E-state index contributed by atoms with van der Waals surface area (Å²) < 4.78 is 33.3. The number of phosphoric acid groups is 1. The van der Waals surface area contributed by atoms with Gasteiger partial charge < -0.3 is 61.8 Å². The average Bonchev–Trinajstić information content (AvgIpc) is 2.89. The molecule has 0 spiro atoms. The summed E-state index contributed by atoms with van der Waals surface area (Å²) in [7, 11) is -4.44. The van der Waals surface area contributed by atoms with Gasteiger partial charge in [0.15, 0.2) is 6.23 Å². The summed E-state index contributed by atoms with van der Waals surface area (Å²) in [5, 5.41) is 62.6. The number of carboxylic acids is 1. The summed E-state index contributed by atoms with van der Waals surface area (Å²) in [6, 6.07) is -0.225. The first-order valence-electron chi connectivity index (χ1n) is 11.9. The SMILES string of the molecule is COC(COP(=O)(O)OC1(C(=O)O)CC(O)C(NC(=O)CN)C(CC(O)CO)O1)C(O)C(O)n1ccc(N)nc1=O. The highest BCUT2D eigenvalue weighted by molar-refractivity contribution is 7.47. The van der Waals surface area contributed by atoms with Gasteiger partial charge in [-0.2, -0.15) is 4.98 Å². The van der Waals surface area contributed by atoms with Crippen LogP contribution in [0.2, 0.25) is 0 Å². The molecule has 9 atom stereocenters. The molecular weight excluding hydrogens is 581 g/mol. The van der Waals surface area contributed by atoms with Crippen LogP contribution in [-0.2, 0) is 32.7 Å². The van der Waals surface area contributed by atoms with Crippen molar-refractivity contribution in [3.05, 3.63) is 22.7 Å². The number of aromatic nitrogens is 2. The van der Waals surface area contributed by atoms with E-state index in [2.05, 4.69) is 10.3 Å². The first-order chi connectivity index (χ1) is 19.1. The van der Waals surface area contributed by atoms with Crippen molar-refractivity contribution >= 4 is 25.5 Å². The van der Waals surface area contributed by atoms with Gasteiger partial charge >= 0.3 is 19.5 Å². The summed E-state index contributed by atoms with van der Waals surface area (Å²) in [6.07, 6.45) is -11.0. The number of aliphatic hydroxyl groups excluding tert-OH is 5. The standard InChI is InChI=1S/C20H34N5O15P/c1-37-12(16(30)17(31)25-3-2-13(22)23-19(25)34)8-38-41(35,36)40-20(18(32)33)5-10(28)15(24-14(29)6-21)11(39-20)4-9(27)7-26/h2-3,9-12,15-17,26-28,30-31H,4-8,21H2,1H3,(H,24,29)(H,32,33)(H,35,36)(H2,22,23,34). The third kappa shape index (κ3) is 8.95. The minimum atomic E-state index is -5.46. The van der Waals surface area contributed by atoms with Gasteiger partial charge in [-0.3, -0.25) is 13.9 Å². The summed E-state index contributed by atoms with van der Waals surface area (Å²) in [4.78, 5) is 49.6. The number of carbonyl (C=O) groups excluding carboxylic acids is 1. The number of nitrogen functional groups attached to an aromatic ring is 1. The maximum atomic E-state index is 12.8. The number of ether oxygens (including phenoxy) is 2. The predicted octanol–water partition coefficient (Wildman–Crippen LogP) is -5.06. The highest BCUT2D eigenvalue weighted by Crippen LogP contribution is 2.51. The molecule has 2 rings (SSSR count). The van der Waals surface area contributed by atoms with E-state index < -0.39 is 107 Å². The Morgan fingerprint density at radius 3 is 2.56 bits per heavy atom. The van der Waals surface area contributed by atoms with E-state index in [0.717, 1.165) is 19.4 Å². The number of carbonyl (C=O) groups is 2. The quantitative estimate of drug-likeness (QED) is 0.0825. The van der Waals surface area contributed by atoms with Crippen molar-refractivity contribution in [2.24, 2.45) is 5.73 Å². The monoisotopic (exact) mass is 615 g/mol. The lowest BCUT2D eigenvalue weighted by Gasteiger charge is -2.45. The molecule has 21 heteroatoms. The maximum absolute atomic E-state index is 12.8. The van der Waals surface area contributed by atoms with Crippen molar-refractivity contribution in [2.75, 3.05) is 32.6 Å². The number of nitrogens with zero attached hydrogens (tertiary/aromatic N) is 2. The Kier molecular flexibility index (Phi) is 12.3. The van der Waals surface area contributed by atoms with Gasteiger partial charge in [-0.15, -0.1) is 0 Å². The lowest BCUT2D eigenvalue weighted by Crippen LogP contribution is -2.64. The van der Waals surface area contributed by atoms with E-state index in [0.29, 0.717) is 4.57 Å². The number of aliphatic hydroxyl groups is 5. The van der Waals surface area contributed by atoms with Crippen LogP contribution in [0, 0.1) is 0 Å². The molecule has 0 bridgehead atoms. The van der Waals surface area contributed by atoms with Crippen LogP contribution in [0.25, 0.3) is 0 Å². The van der Waals surface area contributed by atoms with Gasteiger partial charge in [0.1, 0.15) is 18.0 Å². The number of hydrogen-bond donors (Lipinski definition) is 10. The molecule has 1 aromatic rings. The second kappa shape index (κ2) is 14.5. The number of anilines is 1. The molecule has 1 aliphatic heterocycles. The zero-order valence-corrected chi connectivity index (χ0v) is 22.5. The van der Waals surface area contributed by atoms with Crippen LogP contribution in [-0.4, -0.2) is 126 Å². The Morgan fingerprint density at radius 1 is 1.37 bits per heavy atom. The number of aliphatic carboxylic acids is 1. The van der Waals surface area contributed by atoms with E-state index in [1.165, 1.54) is 0 Å². The number of nitrogens with two attached hydrogens (primary N) is 2. The van der Waals surface area contributed by atoms with E-state index in [9.17, 15) is 54.5 Å². The van der Waals surface area contributed by atoms with Crippen molar-refractivity contribution in [3.63, 3.8) is 0 Å². The lowest BCUT2D eigenvalue weighted by atomic mass is 9.90. The van der Waals surface area contributed by atoms with Gasteiger partial charge in [0.05, 0.1) is 44.1 Å². The Balaban J connectivity index is 2.23. The fourth-order valence-electron chi connectivity index (χ4n) is 3.89. The molecule has 1 saturated heterocycles. The Hall–Kier alpha value is -2.59. The zero-order chi connectivity index (χ0) is 31.1. The van der Waals surface area contributed by atoms with E-state index in [1.807, 2.05) is 0 Å². The predicted molar refractivity (Wildman–Crippen MR) is 132 cm³/mol. The fraction of sp³-hybridized carbons (Fsp3) is 0.700. The molecule has 1 aliphatic rings. The van der Waals surface area contributed by atoms with Crippen molar-refractivity contribution in [1.82, 2.24) is 14.9 Å². The number of carboxylic acid groups (broad SMARTS) is 1. The Labute approximate surface area is 231 Å². The molecule has 1 fully saturated rings. The van der Waals surface area contributed by atoms with Crippen molar-refractivity contribution in [2.45, 2.75) is 61.4 Å². The molecule has 2 heterocycles. The highest BCUT2D eigenvalue weighted by atomic mass is 31.2. The van der Waals surface area contributed by atoms with Gasteiger partial charge in [-0.25, -0.2) is 18.7 Å². The number of methoxy groups -OCH3 is 1. The van der Waals surface area contributed by atoms with Crippen molar-refractivity contribution in [1.29, 1.82) is 0 Å². The molecule has 0 saturated carbocycles. The highest BCUT2D eigenvalue weighted by Gasteiger charge is 2.57. The number of amides is 1. The average molecular weight is 615 g/mol. The molecule has 0 aromatic carbocycles. The Morgan fingerprint density at radius 2 is 2.02 bits per heavy atom. The van der Waals surface area contributed by atoms with Gasteiger partial charge in [0, 0.05) is 26.1 Å². The van der Waals surface area contributed by atoms with Crippen LogP contribution in [0.15, 0.2) is 17.1 Å². The molecule has 0 radical (unpaired) electrons. The van der Waals surface area contributed by atoms with Crippen molar-refractivity contribution < 1.29 is 68.2 Å². The van der Waals surface area contributed by atoms with Gasteiger partial charge in [0.25, 0.3) is 5.79 Å². The van der Waals surface area contributed by atoms with E-state index in [1.54, 1.807) is 0 Å². The smallest absolute Gasteiger partial charge is 0.475 e. The number of phosphoric ester groups is 1. The summed E-state index contributed by atoms with van der Waals surface area (Å²) in [6.45, 7) is -2.36. The summed E-state index contributed by atoms with van der Waals surface area (Å²) >= 11 is 0. The van der Waals surface area contributed by atoms with Crippen LogP contribution in [0.4, 0.5) is 5.82 Å². The van der Waals surface area contributed by atoms with Gasteiger partial charge in [-0.1, -0.05) is 0 Å². The third-order valence-corrected chi connectivity index (χ3v) is 6.98. The first-order valence-corrected chi connectivity index (χ1v) is 13.4. The molecule has 234 valence electrons. The Bertz CT molecular complexity index is 1160. The van der Waals surface area contributed by atoms with E-state index in [4.69, 9.17) is 30.0 Å². The van der Waals surface area contributed by atoms with Crippen molar-refractivity contribution in [3.8, 4) is 0 Å². The van der Waals surface area contributed by atoms with Gasteiger partial charge in [-0.05, 0) is 6.07 Å². The zero-order valence-electron chi connectivity index (χ0n) is 21.6.